The van der Waals surface area contributed by atoms with Crippen LogP contribution in [-0.4, -0.2) is 17.1 Å². The molecule has 1 atom stereocenters. The zero-order valence-electron chi connectivity index (χ0n) is 11.0. The van der Waals surface area contributed by atoms with Crippen molar-refractivity contribution in [3.05, 3.63) is 74.1 Å². The Bertz CT molecular complexity index is 433. The lowest BCUT2D eigenvalue weighted by molar-refractivity contribution is -0.197. The summed E-state index contributed by atoms with van der Waals surface area (Å²) in [6, 6.07) is 0. The van der Waals surface area contributed by atoms with Crippen LogP contribution < -0.4 is 0 Å². The van der Waals surface area contributed by atoms with E-state index >= 15 is 0 Å². The first kappa shape index (κ1) is 18.8. The van der Waals surface area contributed by atoms with E-state index in [-0.39, 0.29) is 17.6 Å². The minimum absolute atomic E-state index is 0.00926. The van der Waals surface area contributed by atoms with Gasteiger partial charge in [0.2, 0.25) is 0 Å². The molecule has 1 saturated heterocycles. The zero-order chi connectivity index (χ0) is 15.3. The standard InChI is InChI=1S/C5H6O2.2C5H6O/c1-3-4-5(2)7-6;1-3-5-4(2)6-5;1-3-4-5(2)6/h4,6H,1-2H2;3,5H,1-2H2;4H,1H2,2H3. The number of rotatable bonds is 4. The molecule has 4 heteroatoms. The van der Waals surface area contributed by atoms with Crippen molar-refractivity contribution in [2.24, 2.45) is 0 Å². The summed E-state index contributed by atoms with van der Waals surface area (Å²) in [6.45, 7) is 18.1. The number of epoxide rings is 1. The Morgan fingerprint density at radius 3 is 1.95 bits per heavy atom. The van der Waals surface area contributed by atoms with E-state index in [1.54, 1.807) is 6.08 Å². The van der Waals surface area contributed by atoms with E-state index in [9.17, 15) is 4.79 Å². The largest absolute Gasteiger partial charge is 0.479 e. The molecule has 1 unspecified atom stereocenters. The van der Waals surface area contributed by atoms with Gasteiger partial charge in [-0.05, 0) is 13.0 Å². The topological polar surface area (TPSA) is 59.1 Å². The van der Waals surface area contributed by atoms with Gasteiger partial charge in [0.05, 0.1) is 0 Å². The number of carbonyl (C=O) groups excluding carboxylic acids is 1. The van der Waals surface area contributed by atoms with Crippen LogP contribution in [0.1, 0.15) is 6.92 Å². The summed E-state index contributed by atoms with van der Waals surface area (Å²) < 4.78 is 4.75. The van der Waals surface area contributed by atoms with E-state index in [2.05, 4.69) is 49.2 Å². The maximum absolute atomic E-state index is 9.89. The van der Waals surface area contributed by atoms with E-state index in [0.717, 1.165) is 5.76 Å². The molecule has 1 aliphatic heterocycles. The first-order valence-corrected chi connectivity index (χ1v) is 5.13. The van der Waals surface area contributed by atoms with Crippen molar-refractivity contribution in [2.75, 3.05) is 0 Å². The summed E-state index contributed by atoms with van der Waals surface area (Å²) in [7, 11) is 0. The highest BCUT2D eigenvalue weighted by molar-refractivity contribution is 5.86. The number of hydrogen-bond acceptors (Lipinski definition) is 4. The molecule has 4 nitrogen and oxygen atoms in total. The Labute approximate surface area is 113 Å². The van der Waals surface area contributed by atoms with Crippen molar-refractivity contribution in [1.29, 1.82) is 0 Å². The highest BCUT2D eigenvalue weighted by Gasteiger charge is 2.25. The second kappa shape index (κ2) is 12.0. The molecule has 1 aliphatic rings. The normalized spacial score (nSPS) is 13.4. The molecule has 102 valence electrons. The maximum Gasteiger partial charge on any atom is 0.172 e. The molecular formula is C15H18O4. The van der Waals surface area contributed by atoms with Gasteiger partial charge in [0.25, 0.3) is 0 Å². The summed E-state index contributed by atoms with van der Waals surface area (Å²) >= 11 is 0. The van der Waals surface area contributed by atoms with Crippen LogP contribution in [0.3, 0.4) is 0 Å². The Kier molecular flexibility index (Phi) is 11.9. The van der Waals surface area contributed by atoms with Gasteiger partial charge in [-0.1, -0.05) is 32.9 Å². The Morgan fingerprint density at radius 1 is 1.42 bits per heavy atom. The fourth-order valence-electron chi connectivity index (χ4n) is 0.593. The second-order valence-corrected chi connectivity index (χ2v) is 3.11. The van der Waals surface area contributed by atoms with E-state index in [0.29, 0.717) is 0 Å². The molecule has 0 saturated carbocycles. The minimum Gasteiger partial charge on any atom is -0.479 e. The number of ether oxygens (including phenoxy) is 1. The predicted molar refractivity (Wildman–Crippen MR) is 75.2 cm³/mol. The van der Waals surface area contributed by atoms with Crippen LogP contribution >= 0.6 is 0 Å². The fourth-order valence-corrected chi connectivity index (χ4v) is 0.593. The van der Waals surface area contributed by atoms with E-state index in [1.807, 2.05) is 0 Å². The van der Waals surface area contributed by atoms with Gasteiger partial charge in [-0.2, -0.15) is 0 Å². The molecule has 1 rings (SSSR count). The zero-order valence-corrected chi connectivity index (χ0v) is 11.0. The Morgan fingerprint density at radius 2 is 1.89 bits per heavy atom. The van der Waals surface area contributed by atoms with Crippen molar-refractivity contribution in [2.45, 2.75) is 13.0 Å². The molecule has 1 fully saturated rings. The highest BCUT2D eigenvalue weighted by Crippen LogP contribution is 2.24. The van der Waals surface area contributed by atoms with Gasteiger partial charge in [0, 0.05) is 12.2 Å². The van der Waals surface area contributed by atoms with Gasteiger partial charge in [-0.15, -0.1) is 11.5 Å². The SMILES string of the molecule is C=C=CC(=C)OO.C=C=CC(C)=O.C=CC1OC1=C. The van der Waals surface area contributed by atoms with Crippen LogP contribution in [0.4, 0.5) is 0 Å². The van der Waals surface area contributed by atoms with Crippen LogP contribution in [-0.2, 0) is 14.4 Å². The van der Waals surface area contributed by atoms with E-state index < -0.39 is 0 Å². The summed E-state index contributed by atoms with van der Waals surface area (Å²) in [5.74, 6) is 0.963. The lowest BCUT2D eigenvalue weighted by Crippen LogP contribution is -1.75. The van der Waals surface area contributed by atoms with Crippen molar-refractivity contribution in [1.82, 2.24) is 0 Å². The van der Waals surface area contributed by atoms with Crippen molar-refractivity contribution in [3.63, 3.8) is 0 Å². The van der Waals surface area contributed by atoms with Crippen molar-refractivity contribution < 1.29 is 19.7 Å². The quantitative estimate of drug-likeness (QED) is 0.123. The predicted octanol–water partition coefficient (Wildman–Crippen LogP) is 3.33. The number of hydrogen-bond donors (Lipinski definition) is 1. The van der Waals surface area contributed by atoms with Crippen LogP contribution in [0.15, 0.2) is 74.1 Å². The molecule has 0 aromatic carbocycles. The van der Waals surface area contributed by atoms with Crippen molar-refractivity contribution in [3.8, 4) is 0 Å². The second-order valence-electron chi connectivity index (χ2n) is 3.11. The summed E-state index contributed by atoms with van der Waals surface area (Å²) in [6.07, 6.45) is 4.51. The third kappa shape index (κ3) is 15.5. The summed E-state index contributed by atoms with van der Waals surface area (Å²) in [4.78, 5) is 13.5. The Balaban J connectivity index is 0. The number of ketones is 1. The van der Waals surface area contributed by atoms with Crippen LogP contribution in [0.2, 0.25) is 0 Å². The van der Waals surface area contributed by atoms with E-state index in [1.165, 1.54) is 19.1 Å². The third-order valence-corrected chi connectivity index (χ3v) is 1.44. The fraction of sp³-hybridized carbons (Fsp3) is 0.133. The highest BCUT2D eigenvalue weighted by atomic mass is 17.1. The average Bonchev–Trinajstić information content (AvgIpc) is 3.07. The van der Waals surface area contributed by atoms with Gasteiger partial charge in [0.1, 0.15) is 5.76 Å². The molecular weight excluding hydrogens is 244 g/mol. The molecule has 19 heavy (non-hydrogen) atoms. The van der Waals surface area contributed by atoms with Crippen LogP contribution in [0.25, 0.3) is 0 Å². The number of allylic oxidation sites excluding steroid dienone is 2. The monoisotopic (exact) mass is 262 g/mol. The molecule has 0 aliphatic carbocycles. The summed E-state index contributed by atoms with van der Waals surface area (Å²) in [5.41, 5.74) is 4.70. The van der Waals surface area contributed by atoms with Crippen molar-refractivity contribution >= 4 is 5.78 Å². The lowest BCUT2D eigenvalue weighted by atomic mass is 10.4. The number of carbonyl (C=O) groups is 1. The van der Waals surface area contributed by atoms with Gasteiger partial charge < -0.3 is 9.62 Å². The maximum atomic E-state index is 9.89. The molecule has 0 radical (unpaired) electrons. The minimum atomic E-state index is -0.00926. The van der Waals surface area contributed by atoms with Gasteiger partial charge >= 0.3 is 0 Å². The van der Waals surface area contributed by atoms with Gasteiger partial charge in [-0.25, -0.2) is 5.26 Å². The molecule has 0 aromatic heterocycles. The molecule has 0 bridgehead atoms. The lowest BCUT2D eigenvalue weighted by Gasteiger charge is -1.86. The first-order chi connectivity index (χ1) is 8.92. The molecule has 0 aromatic rings. The smallest absolute Gasteiger partial charge is 0.172 e. The molecule has 1 heterocycles. The molecule has 1 N–H and O–H groups in total. The average molecular weight is 262 g/mol. The van der Waals surface area contributed by atoms with Crippen LogP contribution in [0.5, 0.6) is 0 Å². The Hall–Kier alpha value is -2.51. The van der Waals surface area contributed by atoms with E-state index in [4.69, 9.17) is 9.99 Å². The van der Waals surface area contributed by atoms with Gasteiger partial charge in [0.15, 0.2) is 17.6 Å². The van der Waals surface area contributed by atoms with Gasteiger partial charge in [-0.3, -0.25) is 4.79 Å². The van der Waals surface area contributed by atoms with Crippen LogP contribution in [0, 0.1) is 0 Å². The first-order valence-electron chi connectivity index (χ1n) is 5.13. The third-order valence-electron chi connectivity index (χ3n) is 1.44. The molecule has 0 spiro atoms. The summed E-state index contributed by atoms with van der Waals surface area (Å²) in [5, 5.41) is 7.77. The molecule has 0 amide bonds.